The normalized spacial score (nSPS) is 18.6. The molecule has 122 valence electrons. The van der Waals surface area contributed by atoms with E-state index in [0.717, 1.165) is 23.5 Å². The Morgan fingerprint density at radius 1 is 1.45 bits per heavy atom. The number of methoxy groups -OCH3 is 1. The number of hydrogen-bond acceptors (Lipinski definition) is 7. The van der Waals surface area contributed by atoms with Gasteiger partial charge in [-0.15, -0.1) is 10.8 Å². The van der Waals surface area contributed by atoms with Crippen molar-refractivity contribution in [3.63, 3.8) is 0 Å². The largest absolute Gasteiger partial charge is 0.465 e. The maximum Gasteiger partial charge on any atom is 0.341 e. The van der Waals surface area contributed by atoms with Gasteiger partial charge >= 0.3 is 5.97 Å². The third kappa shape index (κ3) is 2.98. The van der Waals surface area contributed by atoms with E-state index in [4.69, 9.17) is 0 Å². The second-order valence-electron chi connectivity index (χ2n) is 4.72. The third-order valence-electron chi connectivity index (χ3n) is 3.31. The number of rotatable bonds is 3. The minimum Gasteiger partial charge on any atom is -0.465 e. The first kappa shape index (κ1) is 16.5. The van der Waals surface area contributed by atoms with Crippen molar-refractivity contribution in [2.24, 2.45) is 0 Å². The quantitative estimate of drug-likeness (QED) is 0.496. The van der Waals surface area contributed by atoms with Crippen molar-refractivity contribution in [1.82, 2.24) is 0 Å². The van der Waals surface area contributed by atoms with Crippen LogP contribution in [0.4, 0.5) is 15.8 Å². The maximum atomic E-state index is 14.5. The Balaban J connectivity index is 2.61. The fraction of sp³-hybridized carbons (Fsp3) is 0.417. The molecule has 1 heterocycles. The number of halogens is 1. The second kappa shape index (κ2) is 6.07. The molecule has 1 aliphatic rings. The van der Waals surface area contributed by atoms with Gasteiger partial charge in [0.1, 0.15) is 11.3 Å². The Kier molecular flexibility index (Phi) is 4.54. The lowest BCUT2D eigenvalue weighted by Gasteiger charge is -2.47. The number of hydrogen-bond donors (Lipinski definition) is 2. The highest BCUT2D eigenvalue weighted by Gasteiger charge is 2.32. The molecule has 0 amide bonds. The summed E-state index contributed by atoms with van der Waals surface area (Å²) >= 11 is 0. The van der Waals surface area contributed by atoms with E-state index in [2.05, 4.69) is 4.74 Å². The first-order chi connectivity index (χ1) is 10.3. The van der Waals surface area contributed by atoms with Gasteiger partial charge in [0.2, 0.25) is 0 Å². The van der Waals surface area contributed by atoms with E-state index >= 15 is 0 Å². The van der Waals surface area contributed by atoms with Crippen LogP contribution in [0.5, 0.6) is 0 Å². The summed E-state index contributed by atoms with van der Waals surface area (Å²) in [5.41, 5.74) is -1.53. The van der Waals surface area contributed by atoms with E-state index < -0.39 is 38.7 Å². The number of nitro benzene ring substituents is 1. The molecule has 2 rings (SSSR count). The molecule has 0 spiro atoms. The number of ether oxygens (including phenoxy) is 1. The molecule has 0 aliphatic carbocycles. The van der Waals surface area contributed by atoms with Gasteiger partial charge in [0.05, 0.1) is 17.8 Å². The molecule has 0 bridgehead atoms. The van der Waals surface area contributed by atoms with Crippen LogP contribution in [0.1, 0.15) is 23.2 Å². The lowest BCUT2D eigenvalue weighted by atomic mass is 10.1. The topological polar surface area (TPSA) is 113 Å². The number of anilines is 1. The third-order valence-corrected chi connectivity index (χ3v) is 5.23. The molecule has 0 radical (unpaired) electrons. The molecule has 8 nitrogen and oxygen atoms in total. The highest BCUT2D eigenvalue weighted by molar-refractivity contribution is 8.25. The van der Waals surface area contributed by atoms with Crippen LogP contribution in [0.15, 0.2) is 12.1 Å². The Morgan fingerprint density at radius 3 is 2.68 bits per heavy atom. The summed E-state index contributed by atoms with van der Waals surface area (Å²) in [5, 5.41) is 11.0. The Bertz CT molecular complexity index is 624. The van der Waals surface area contributed by atoms with Crippen molar-refractivity contribution in [2.75, 3.05) is 23.7 Å². The van der Waals surface area contributed by atoms with Gasteiger partial charge in [0.25, 0.3) is 5.69 Å². The SMILES string of the molecule is COC(=O)c1cc([N+](=O)[O-])cc(N2CCCCS2(O)O)c1F. The number of carbonyl (C=O) groups is 1. The first-order valence-corrected chi connectivity index (χ1v) is 8.05. The zero-order valence-electron chi connectivity index (χ0n) is 11.7. The number of nitro groups is 1. The van der Waals surface area contributed by atoms with Gasteiger partial charge < -0.3 is 4.74 Å². The number of carbonyl (C=O) groups excluding carboxylic acids is 1. The second-order valence-corrected chi connectivity index (χ2v) is 6.83. The van der Waals surface area contributed by atoms with E-state index in [-0.39, 0.29) is 18.0 Å². The molecule has 1 saturated heterocycles. The lowest BCUT2D eigenvalue weighted by molar-refractivity contribution is -0.384. The molecular formula is C12H15FN2O6S. The van der Waals surface area contributed by atoms with Gasteiger partial charge in [-0.1, -0.05) is 0 Å². The van der Waals surface area contributed by atoms with Crippen molar-refractivity contribution in [1.29, 1.82) is 0 Å². The highest BCUT2D eigenvalue weighted by atomic mass is 32.3. The van der Waals surface area contributed by atoms with Crippen LogP contribution in [-0.2, 0) is 4.74 Å². The Hall–Kier alpha value is -1.91. The Labute approximate surface area is 127 Å². The van der Waals surface area contributed by atoms with Gasteiger partial charge in [-0.25, -0.2) is 9.18 Å². The first-order valence-electron chi connectivity index (χ1n) is 6.38. The summed E-state index contributed by atoms with van der Waals surface area (Å²) in [5.74, 6) is -2.10. The van der Waals surface area contributed by atoms with E-state index in [1.807, 2.05) is 0 Å². The molecular weight excluding hydrogens is 319 g/mol. The number of nitrogens with zero attached hydrogens (tertiary/aromatic N) is 2. The predicted octanol–water partition coefficient (Wildman–Crippen LogP) is 2.79. The van der Waals surface area contributed by atoms with Crippen LogP contribution in [0.3, 0.4) is 0 Å². The van der Waals surface area contributed by atoms with Crippen molar-refractivity contribution >= 4 is 28.1 Å². The van der Waals surface area contributed by atoms with Crippen LogP contribution in [0.2, 0.25) is 0 Å². The van der Waals surface area contributed by atoms with Gasteiger partial charge in [-0.3, -0.25) is 23.5 Å². The zero-order chi connectivity index (χ0) is 16.5. The van der Waals surface area contributed by atoms with Crippen molar-refractivity contribution in [3.05, 3.63) is 33.6 Å². The number of benzene rings is 1. The van der Waals surface area contributed by atoms with Crippen LogP contribution in [0.25, 0.3) is 0 Å². The minimum absolute atomic E-state index is 0.0443. The smallest absolute Gasteiger partial charge is 0.341 e. The molecule has 0 unspecified atom stereocenters. The summed E-state index contributed by atoms with van der Waals surface area (Å²) in [6, 6.07) is 1.65. The molecule has 2 N–H and O–H groups in total. The van der Waals surface area contributed by atoms with E-state index in [0.29, 0.717) is 12.8 Å². The average Bonchev–Trinajstić information content (AvgIpc) is 2.46. The number of esters is 1. The maximum absolute atomic E-state index is 14.5. The van der Waals surface area contributed by atoms with Crippen LogP contribution in [0, 0.1) is 15.9 Å². The zero-order valence-corrected chi connectivity index (χ0v) is 12.5. The molecule has 0 atom stereocenters. The van der Waals surface area contributed by atoms with Crippen molar-refractivity contribution < 1.29 is 28.0 Å². The Morgan fingerprint density at radius 2 is 2.14 bits per heavy atom. The molecule has 1 fully saturated rings. The average molecular weight is 334 g/mol. The minimum atomic E-state index is -3.27. The van der Waals surface area contributed by atoms with Crippen LogP contribution in [-0.4, -0.2) is 39.4 Å². The van der Waals surface area contributed by atoms with Gasteiger partial charge in [-0.2, -0.15) is 0 Å². The number of non-ortho nitro benzene ring substituents is 1. The van der Waals surface area contributed by atoms with Crippen LogP contribution < -0.4 is 4.31 Å². The molecule has 0 aromatic heterocycles. The fourth-order valence-corrected chi connectivity index (χ4v) is 3.91. The standard InChI is InChI=1S/C12H15FN2O6S/c1-21-12(16)9-6-8(15(17)18)7-10(11(9)13)14-4-2-3-5-22(14,19)20/h6-7,19-20H,2-5H2,1H3. The van der Waals surface area contributed by atoms with Gasteiger partial charge in [-0.05, 0) is 12.8 Å². The summed E-state index contributed by atoms with van der Waals surface area (Å²) in [7, 11) is -2.25. The summed E-state index contributed by atoms with van der Waals surface area (Å²) in [4.78, 5) is 21.8. The van der Waals surface area contributed by atoms with Crippen LogP contribution >= 0.6 is 10.8 Å². The van der Waals surface area contributed by atoms with E-state index in [9.17, 15) is 28.4 Å². The highest BCUT2D eigenvalue weighted by Crippen LogP contribution is 2.51. The summed E-state index contributed by atoms with van der Waals surface area (Å²) in [6.45, 7) is 0.126. The van der Waals surface area contributed by atoms with Gasteiger partial charge in [0.15, 0.2) is 5.82 Å². The monoisotopic (exact) mass is 334 g/mol. The van der Waals surface area contributed by atoms with Crippen molar-refractivity contribution in [2.45, 2.75) is 12.8 Å². The summed E-state index contributed by atoms with van der Waals surface area (Å²) in [6.07, 6.45) is 1.13. The van der Waals surface area contributed by atoms with Crippen molar-refractivity contribution in [3.8, 4) is 0 Å². The van der Waals surface area contributed by atoms with E-state index in [1.54, 1.807) is 0 Å². The molecule has 1 aliphatic heterocycles. The molecule has 1 aromatic rings. The molecule has 0 saturated carbocycles. The molecule has 22 heavy (non-hydrogen) atoms. The predicted molar refractivity (Wildman–Crippen MR) is 78.7 cm³/mol. The molecule has 1 aromatic carbocycles. The molecule has 10 heteroatoms. The lowest BCUT2D eigenvalue weighted by Crippen LogP contribution is -2.35. The van der Waals surface area contributed by atoms with E-state index in [1.165, 1.54) is 0 Å². The summed E-state index contributed by atoms with van der Waals surface area (Å²) < 4.78 is 40.0. The fourth-order valence-electron chi connectivity index (χ4n) is 2.23. The van der Waals surface area contributed by atoms with Gasteiger partial charge in [0, 0.05) is 18.7 Å².